The van der Waals surface area contributed by atoms with Crippen LogP contribution in [0.5, 0.6) is 0 Å². The average molecular weight is 301 g/mol. The molecule has 0 spiro atoms. The number of hydrogen-bond acceptors (Lipinski definition) is 1. The molecule has 0 unspecified atom stereocenters. The summed E-state index contributed by atoms with van der Waals surface area (Å²) in [6.07, 6.45) is -4.56. The van der Waals surface area contributed by atoms with Gasteiger partial charge < -0.3 is 5.32 Å². The van der Waals surface area contributed by atoms with E-state index in [1.165, 1.54) is 6.07 Å². The van der Waals surface area contributed by atoms with Crippen LogP contribution in [0.2, 0.25) is 0 Å². The molecule has 2 aromatic rings. The van der Waals surface area contributed by atoms with Gasteiger partial charge in [-0.2, -0.15) is 13.2 Å². The number of alkyl halides is 3. The first-order valence-electron chi connectivity index (χ1n) is 5.71. The van der Waals surface area contributed by atoms with Gasteiger partial charge in [-0.05, 0) is 36.4 Å². The van der Waals surface area contributed by atoms with Crippen molar-refractivity contribution in [3.63, 3.8) is 0 Å². The first-order chi connectivity index (χ1) is 9.77. The zero-order chi connectivity index (χ0) is 15.6. The number of carbonyl (C=O) groups excluding carboxylic acids is 1. The van der Waals surface area contributed by atoms with Crippen molar-refractivity contribution >= 4 is 11.6 Å². The highest BCUT2D eigenvalue weighted by molar-refractivity contribution is 6.04. The molecule has 0 aromatic heterocycles. The molecule has 0 bridgehead atoms. The molecule has 7 heteroatoms. The summed E-state index contributed by atoms with van der Waals surface area (Å²) in [5.74, 6) is -2.84. The van der Waals surface area contributed by atoms with Crippen LogP contribution in [-0.4, -0.2) is 5.91 Å². The third-order valence-corrected chi connectivity index (χ3v) is 2.62. The molecule has 2 aromatic carbocycles. The van der Waals surface area contributed by atoms with Gasteiger partial charge in [0.15, 0.2) is 0 Å². The Hall–Kier alpha value is -2.44. The zero-order valence-electron chi connectivity index (χ0n) is 10.3. The molecule has 0 atom stereocenters. The molecule has 2 rings (SSSR count). The van der Waals surface area contributed by atoms with Crippen LogP contribution >= 0.6 is 0 Å². The third-order valence-electron chi connectivity index (χ3n) is 2.62. The monoisotopic (exact) mass is 301 g/mol. The van der Waals surface area contributed by atoms with E-state index in [9.17, 15) is 26.7 Å². The van der Waals surface area contributed by atoms with Crippen molar-refractivity contribution < 1.29 is 26.7 Å². The molecule has 0 aliphatic heterocycles. The van der Waals surface area contributed by atoms with Crippen molar-refractivity contribution in [3.05, 3.63) is 65.2 Å². The number of nitrogens with one attached hydrogen (secondary N) is 1. The van der Waals surface area contributed by atoms with Gasteiger partial charge in [0.2, 0.25) is 0 Å². The second-order valence-corrected chi connectivity index (χ2v) is 4.16. The van der Waals surface area contributed by atoms with Crippen molar-refractivity contribution in [2.24, 2.45) is 0 Å². The Labute approximate surface area is 116 Å². The maximum absolute atomic E-state index is 13.4. The van der Waals surface area contributed by atoms with Crippen molar-refractivity contribution in [2.45, 2.75) is 6.18 Å². The molecule has 1 N–H and O–H groups in total. The number of halogens is 5. The molecule has 0 saturated heterocycles. The van der Waals surface area contributed by atoms with Crippen molar-refractivity contribution in [1.29, 1.82) is 0 Å². The molecule has 110 valence electrons. The normalized spacial score (nSPS) is 11.3. The van der Waals surface area contributed by atoms with Gasteiger partial charge in [-0.1, -0.05) is 6.07 Å². The summed E-state index contributed by atoms with van der Waals surface area (Å²) in [5, 5.41) is 2.09. The fraction of sp³-hybridized carbons (Fsp3) is 0.0714. The SMILES string of the molecule is O=C(Nc1cccc(C(F)(F)F)c1)c1cc(F)ccc1F. The highest BCUT2D eigenvalue weighted by atomic mass is 19.4. The number of rotatable bonds is 2. The van der Waals surface area contributed by atoms with Gasteiger partial charge in [0.05, 0.1) is 11.1 Å². The molecule has 1 amide bonds. The molecule has 21 heavy (non-hydrogen) atoms. The summed E-state index contributed by atoms with van der Waals surface area (Å²) in [7, 11) is 0. The number of carbonyl (C=O) groups is 1. The van der Waals surface area contributed by atoms with Crippen LogP contribution in [0, 0.1) is 11.6 Å². The summed E-state index contributed by atoms with van der Waals surface area (Å²) < 4.78 is 63.9. The van der Waals surface area contributed by atoms with E-state index in [0.717, 1.165) is 24.3 Å². The molecular weight excluding hydrogens is 293 g/mol. The van der Waals surface area contributed by atoms with Gasteiger partial charge >= 0.3 is 6.18 Å². The Morgan fingerprint density at radius 3 is 2.38 bits per heavy atom. The standard InChI is InChI=1S/C14H8F5NO/c15-9-4-5-12(16)11(7-9)13(21)20-10-3-1-2-8(6-10)14(17,18)19/h1-7H,(H,20,21). The molecule has 0 aliphatic rings. The second-order valence-electron chi connectivity index (χ2n) is 4.16. The zero-order valence-corrected chi connectivity index (χ0v) is 10.3. The third kappa shape index (κ3) is 3.56. The van der Waals surface area contributed by atoms with Crippen LogP contribution in [0.25, 0.3) is 0 Å². The largest absolute Gasteiger partial charge is 0.416 e. The van der Waals surface area contributed by atoms with E-state index in [0.29, 0.717) is 12.1 Å². The number of amides is 1. The van der Waals surface area contributed by atoms with Gasteiger partial charge in [-0.25, -0.2) is 8.78 Å². The Morgan fingerprint density at radius 1 is 1.00 bits per heavy atom. The van der Waals surface area contributed by atoms with Crippen LogP contribution in [0.15, 0.2) is 42.5 Å². The first-order valence-corrected chi connectivity index (χ1v) is 5.71. The lowest BCUT2D eigenvalue weighted by Gasteiger charge is -2.10. The van der Waals surface area contributed by atoms with E-state index in [4.69, 9.17) is 0 Å². The number of anilines is 1. The maximum Gasteiger partial charge on any atom is 0.416 e. The van der Waals surface area contributed by atoms with Crippen LogP contribution in [0.1, 0.15) is 15.9 Å². The lowest BCUT2D eigenvalue weighted by Crippen LogP contribution is -2.15. The Balaban J connectivity index is 2.26. The minimum absolute atomic E-state index is 0.168. The first kappa shape index (κ1) is 15.0. The van der Waals surface area contributed by atoms with Crippen LogP contribution in [-0.2, 0) is 6.18 Å². The van der Waals surface area contributed by atoms with Crippen LogP contribution < -0.4 is 5.32 Å². The van der Waals surface area contributed by atoms with E-state index in [1.54, 1.807) is 0 Å². The van der Waals surface area contributed by atoms with Crippen molar-refractivity contribution in [3.8, 4) is 0 Å². The van der Waals surface area contributed by atoms with Gasteiger partial charge in [0, 0.05) is 5.69 Å². The van der Waals surface area contributed by atoms with Crippen LogP contribution in [0.4, 0.5) is 27.6 Å². The molecule has 0 heterocycles. The predicted molar refractivity (Wildman–Crippen MR) is 65.8 cm³/mol. The summed E-state index contributed by atoms with van der Waals surface area (Å²) in [5.41, 5.74) is -1.72. The predicted octanol–water partition coefficient (Wildman–Crippen LogP) is 4.24. The Bertz CT molecular complexity index is 681. The number of hydrogen-bond donors (Lipinski definition) is 1. The topological polar surface area (TPSA) is 29.1 Å². The second kappa shape index (κ2) is 5.51. The summed E-state index contributed by atoms with van der Waals surface area (Å²) in [4.78, 5) is 11.7. The Morgan fingerprint density at radius 2 is 1.71 bits per heavy atom. The molecule has 0 saturated carbocycles. The van der Waals surface area contributed by atoms with E-state index in [1.807, 2.05) is 0 Å². The van der Waals surface area contributed by atoms with Gasteiger partial charge in [-0.3, -0.25) is 4.79 Å². The molecule has 0 radical (unpaired) electrons. The van der Waals surface area contributed by atoms with Crippen molar-refractivity contribution in [2.75, 3.05) is 5.32 Å². The van der Waals surface area contributed by atoms with Crippen LogP contribution in [0.3, 0.4) is 0 Å². The lowest BCUT2D eigenvalue weighted by atomic mass is 10.1. The smallest absolute Gasteiger partial charge is 0.322 e. The number of benzene rings is 2. The van der Waals surface area contributed by atoms with E-state index in [2.05, 4.69) is 5.32 Å². The summed E-state index contributed by atoms with van der Waals surface area (Å²) >= 11 is 0. The lowest BCUT2D eigenvalue weighted by molar-refractivity contribution is -0.137. The fourth-order valence-corrected chi connectivity index (χ4v) is 1.64. The highest BCUT2D eigenvalue weighted by Gasteiger charge is 2.30. The van der Waals surface area contributed by atoms with E-state index < -0.39 is 34.8 Å². The van der Waals surface area contributed by atoms with E-state index >= 15 is 0 Å². The minimum Gasteiger partial charge on any atom is -0.322 e. The summed E-state index contributed by atoms with van der Waals surface area (Å²) in [6.45, 7) is 0. The molecule has 0 fully saturated rings. The summed E-state index contributed by atoms with van der Waals surface area (Å²) in [6, 6.07) is 6.10. The van der Waals surface area contributed by atoms with Gasteiger partial charge in [-0.15, -0.1) is 0 Å². The highest BCUT2D eigenvalue weighted by Crippen LogP contribution is 2.30. The quantitative estimate of drug-likeness (QED) is 0.826. The Kier molecular flexibility index (Phi) is 3.93. The molecule has 2 nitrogen and oxygen atoms in total. The van der Waals surface area contributed by atoms with E-state index in [-0.39, 0.29) is 5.69 Å². The maximum atomic E-state index is 13.4. The fourth-order valence-electron chi connectivity index (χ4n) is 1.64. The van der Waals surface area contributed by atoms with Crippen molar-refractivity contribution in [1.82, 2.24) is 0 Å². The van der Waals surface area contributed by atoms with Gasteiger partial charge in [0.25, 0.3) is 5.91 Å². The van der Waals surface area contributed by atoms with Gasteiger partial charge in [0.1, 0.15) is 11.6 Å². The minimum atomic E-state index is -4.56. The molecule has 0 aliphatic carbocycles. The molecular formula is C14H8F5NO. The average Bonchev–Trinajstić information content (AvgIpc) is 2.41.